The molecule has 1 amide bonds. The SMILES string of the molecule is COc1ccc(Cc2cccc(C3CCN(C(=O)C4CNNC4C)CC3)n2)cc1. The Kier molecular flexibility index (Phi) is 6.11. The zero-order valence-corrected chi connectivity index (χ0v) is 17.2. The summed E-state index contributed by atoms with van der Waals surface area (Å²) in [5, 5.41) is 0. The Morgan fingerprint density at radius 2 is 1.93 bits per heavy atom. The fourth-order valence-electron chi connectivity index (χ4n) is 4.32. The molecule has 1 aromatic heterocycles. The molecule has 0 saturated carbocycles. The van der Waals surface area contributed by atoms with E-state index in [1.165, 1.54) is 5.56 Å². The second-order valence-electron chi connectivity index (χ2n) is 8.10. The van der Waals surface area contributed by atoms with Gasteiger partial charge in [-0.3, -0.25) is 20.6 Å². The number of nitrogens with zero attached hydrogens (tertiary/aromatic N) is 2. The van der Waals surface area contributed by atoms with Gasteiger partial charge in [0.25, 0.3) is 0 Å². The first-order valence-corrected chi connectivity index (χ1v) is 10.5. The number of likely N-dealkylation sites (tertiary alicyclic amines) is 1. The van der Waals surface area contributed by atoms with Crippen molar-refractivity contribution in [1.29, 1.82) is 0 Å². The molecule has 2 aromatic rings. The van der Waals surface area contributed by atoms with Crippen molar-refractivity contribution in [3.05, 3.63) is 59.4 Å². The van der Waals surface area contributed by atoms with Gasteiger partial charge >= 0.3 is 0 Å². The van der Waals surface area contributed by atoms with E-state index in [9.17, 15) is 4.79 Å². The second kappa shape index (κ2) is 8.93. The summed E-state index contributed by atoms with van der Waals surface area (Å²) in [6, 6.07) is 14.7. The zero-order valence-electron chi connectivity index (χ0n) is 17.2. The van der Waals surface area contributed by atoms with Crippen LogP contribution in [0.15, 0.2) is 42.5 Å². The van der Waals surface area contributed by atoms with E-state index < -0.39 is 0 Å². The normalized spacial score (nSPS) is 22.6. The fourth-order valence-corrected chi connectivity index (χ4v) is 4.32. The largest absolute Gasteiger partial charge is 0.497 e. The number of benzene rings is 1. The number of hydrogen-bond acceptors (Lipinski definition) is 5. The van der Waals surface area contributed by atoms with Crippen molar-refractivity contribution < 1.29 is 9.53 Å². The van der Waals surface area contributed by atoms with E-state index in [2.05, 4.69) is 48.1 Å². The van der Waals surface area contributed by atoms with Crippen LogP contribution in [0.5, 0.6) is 5.75 Å². The first-order chi connectivity index (χ1) is 14.1. The minimum Gasteiger partial charge on any atom is -0.497 e. The number of rotatable bonds is 5. The lowest BCUT2D eigenvalue weighted by molar-refractivity contribution is -0.136. The second-order valence-corrected chi connectivity index (χ2v) is 8.10. The quantitative estimate of drug-likeness (QED) is 0.816. The maximum Gasteiger partial charge on any atom is 0.228 e. The standard InChI is InChI=1S/C23H30N4O2/c1-16-21(15-24-26-16)23(28)27-12-10-18(11-13-27)22-5-3-4-19(25-22)14-17-6-8-20(29-2)9-7-17/h3-9,16,18,21,24,26H,10-15H2,1-2H3. The van der Waals surface area contributed by atoms with Crippen LogP contribution in [-0.2, 0) is 11.2 Å². The average Bonchev–Trinajstić information content (AvgIpc) is 3.20. The molecule has 0 aliphatic carbocycles. The predicted molar refractivity (Wildman–Crippen MR) is 113 cm³/mol. The molecule has 0 spiro atoms. The van der Waals surface area contributed by atoms with Gasteiger partial charge in [0.05, 0.1) is 13.0 Å². The zero-order chi connectivity index (χ0) is 20.2. The molecule has 2 atom stereocenters. The van der Waals surface area contributed by atoms with Crippen molar-refractivity contribution in [2.45, 2.75) is 38.1 Å². The lowest BCUT2D eigenvalue weighted by atomic mass is 9.91. The van der Waals surface area contributed by atoms with E-state index in [4.69, 9.17) is 9.72 Å². The number of methoxy groups -OCH3 is 1. The van der Waals surface area contributed by atoms with E-state index >= 15 is 0 Å². The molecule has 6 nitrogen and oxygen atoms in total. The Labute approximate surface area is 172 Å². The van der Waals surface area contributed by atoms with Gasteiger partial charge in [-0.1, -0.05) is 18.2 Å². The fraction of sp³-hybridized carbons (Fsp3) is 0.478. The lowest BCUT2D eigenvalue weighted by Crippen LogP contribution is -2.44. The molecule has 6 heteroatoms. The summed E-state index contributed by atoms with van der Waals surface area (Å²) >= 11 is 0. The molecule has 2 fully saturated rings. The van der Waals surface area contributed by atoms with E-state index in [1.54, 1.807) is 7.11 Å². The Morgan fingerprint density at radius 1 is 1.17 bits per heavy atom. The third kappa shape index (κ3) is 4.60. The number of carbonyl (C=O) groups excluding carboxylic acids is 1. The molecule has 2 unspecified atom stereocenters. The Hall–Kier alpha value is -2.44. The number of pyridine rings is 1. The van der Waals surface area contributed by atoms with Gasteiger partial charge in [-0.2, -0.15) is 0 Å². The van der Waals surface area contributed by atoms with Gasteiger partial charge in [-0.05, 0) is 49.6 Å². The summed E-state index contributed by atoms with van der Waals surface area (Å²) in [6.45, 7) is 4.41. The number of amides is 1. The van der Waals surface area contributed by atoms with Gasteiger partial charge in [-0.15, -0.1) is 0 Å². The first kappa shape index (κ1) is 19.9. The van der Waals surface area contributed by atoms with Crippen LogP contribution in [0.1, 0.15) is 42.6 Å². The number of carbonyl (C=O) groups is 1. The van der Waals surface area contributed by atoms with Gasteiger partial charge in [0.1, 0.15) is 5.75 Å². The molecule has 3 heterocycles. The molecule has 0 radical (unpaired) electrons. The first-order valence-electron chi connectivity index (χ1n) is 10.5. The van der Waals surface area contributed by atoms with Gasteiger partial charge in [-0.25, -0.2) is 0 Å². The van der Waals surface area contributed by atoms with Crippen LogP contribution < -0.4 is 15.6 Å². The van der Waals surface area contributed by atoms with E-state index in [1.807, 2.05) is 17.0 Å². The number of nitrogens with one attached hydrogen (secondary N) is 2. The monoisotopic (exact) mass is 394 g/mol. The molecule has 2 saturated heterocycles. The van der Waals surface area contributed by atoms with Crippen molar-refractivity contribution >= 4 is 5.91 Å². The minimum absolute atomic E-state index is 0.0394. The molecular weight excluding hydrogens is 364 g/mol. The van der Waals surface area contributed by atoms with Gasteiger partial charge in [0.2, 0.25) is 5.91 Å². The van der Waals surface area contributed by atoms with Crippen LogP contribution in [0.25, 0.3) is 0 Å². The predicted octanol–water partition coefficient (Wildman–Crippen LogP) is 2.50. The number of hydrogen-bond donors (Lipinski definition) is 2. The Bertz CT molecular complexity index is 831. The highest BCUT2D eigenvalue weighted by molar-refractivity contribution is 5.80. The van der Waals surface area contributed by atoms with Crippen LogP contribution in [-0.4, -0.2) is 48.6 Å². The van der Waals surface area contributed by atoms with Crippen molar-refractivity contribution in [2.24, 2.45) is 5.92 Å². The van der Waals surface area contributed by atoms with E-state index in [-0.39, 0.29) is 17.9 Å². The topological polar surface area (TPSA) is 66.5 Å². The van der Waals surface area contributed by atoms with E-state index in [0.29, 0.717) is 5.92 Å². The van der Waals surface area contributed by atoms with Crippen LogP contribution in [0.4, 0.5) is 0 Å². The maximum atomic E-state index is 12.8. The number of ether oxygens (including phenoxy) is 1. The summed E-state index contributed by atoms with van der Waals surface area (Å²) in [5.74, 6) is 1.61. The van der Waals surface area contributed by atoms with Crippen LogP contribution >= 0.6 is 0 Å². The van der Waals surface area contributed by atoms with Crippen molar-refractivity contribution in [2.75, 3.05) is 26.7 Å². The third-order valence-corrected chi connectivity index (χ3v) is 6.17. The van der Waals surface area contributed by atoms with Crippen molar-refractivity contribution in [1.82, 2.24) is 20.7 Å². The minimum atomic E-state index is 0.0394. The molecular formula is C23H30N4O2. The smallest absolute Gasteiger partial charge is 0.228 e. The molecule has 2 N–H and O–H groups in total. The van der Waals surface area contributed by atoms with E-state index in [0.717, 1.165) is 56.0 Å². The molecule has 0 bridgehead atoms. The van der Waals surface area contributed by atoms with Crippen LogP contribution in [0, 0.1) is 5.92 Å². The van der Waals surface area contributed by atoms with Crippen molar-refractivity contribution in [3.63, 3.8) is 0 Å². The highest BCUT2D eigenvalue weighted by atomic mass is 16.5. The van der Waals surface area contributed by atoms with Crippen LogP contribution in [0.2, 0.25) is 0 Å². The third-order valence-electron chi connectivity index (χ3n) is 6.17. The molecule has 4 rings (SSSR count). The Balaban J connectivity index is 1.36. The summed E-state index contributed by atoms with van der Waals surface area (Å²) in [5.41, 5.74) is 9.70. The summed E-state index contributed by atoms with van der Waals surface area (Å²) in [4.78, 5) is 19.8. The maximum absolute atomic E-state index is 12.8. The number of piperidine rings is 1. The highest BCUT2D eigenvalue weighted by Gasteiger charge is 2.34. The Morgan fingerprint density at radius 3 is 2.59 bits per heavy atom. The molecule has 2 aliphatic heterocycles. The molecule has 1 aromatic carbocycles. The average molecular weight is 395 g/mol. The highest BCUT2D eigenvalue weighted by Crippen LogP contribution is 2.28. The number of hydrazine groups is 1. The number of aromatic nitrogens is 1. The molecule has 154 valence electrons. The van der Waals surface area contributed by atoms with Crippen molar-refractivity contribution in [3.8, 4) is 5.75 Å². The summed E-state index contributed by atoms with van der Waals surface area (Å²) < 4.78 is 5.23. The molecule has 29 heavy (non-hydrogen) atoms. The summed E-state index contributed by atoms with van der Waals surface area (Å²) in [6.07, 6.45) is 2.77. The lowest BCUT2D eigenvalue weighted by Gasteiger charge is -2.34. The van der Waals surface area contributed by atoms with Crippen LogP contribution in [0.3, 0.4) is 0 Å². The molecule has 2 aliphatic rings. The van der Waals surface area contributed by atoms with Gasteiger partial charge in [0, 0.05) is 49.4 Å². The van der Waals surface area contributed by atoms with Gasteiger partial charge in [0.15, 0.2) is 0 Å². The summed E-state index contributed by atoms with van der Waals surface area (Å²) in [7, 11) is 1.68. The van der Waals surface area contributed by atoms with Gasteiger partial charge < -0.3 is 9.64 Å².